The number of nitrogens with zero attached hydrogens (tertiary/aromatic N) is 2. The number of Topliss-reactive ketones (excluding diaryl/α,β-unsaturated/α-hetero) is 1. The molecule has 3 heterocycles. The van der Waals surface area contributed by atoms with Gasteiger partial charge in [0.15, 0.2) is 5.78 Å². The molecule has 29 heavy (non-hydrogen) atoms. The normalized spacial score (nSPS) is 21.0. The number of rotatable bonds is 5. The maximum Gasteiger partial charge on any atom is 0.224 e. The van der Waals surface area contributed by atoms with Gasteiger partial charge in [0.1, 0.15) is 11.4 Å². The second-order valence-electron chi connectivity index (χ2n) is 8.15. The third-order valence-electron chi connectivity index (χ3n) is 5.75. The summed E-state index contributed by atoms with van der Waals surface area (Å²) in [6.45, 7) is 6.71. The highest BCUT2D eigenvalue weighted by Gasteiger charge is 2.35. The van der Waals surface area contributed by atoms with Crippen molar-refractivity contribution < 1.29 is 14.3 Å². The molecule has 1 atom stereocenters. The lowest BCUT2D eigenvalue weighted by Crippen LogP contribution is -2.38. The van der Waals surface area contributed by atoms with Crippen LogP contribution in [0.15, 0.2) is 24.3 Å². The fraction of sp³-hybridized carbons (Fsp3) is 0.500. The van der Waals surface area contributed by atoms with Gasteiger partial charge in [0, 0.05) is 31.6 Å². The molecule has 1 aromatic carbocycles. The highest BCUT2D eigenvalue weighted by Crippen LogP contribution is 2.36. The number of amides is 1. The van der Waals surface area contributed by atoms with Crippen LogP contribution in [0.1, 0.15) is 61.3 Å². The first-order valence-corrected chi connectivity index (χ1v) is 10.4. The largest absolute Gasteiger partial charge is 0.486 e. The van der Waals surface area contributed by atoms with Gasteiger partial charge in [-0.1, -0.05) is 6.92 Å². The summed E-state index contributed by atoms with van der Waals surface area (Å²) in [6, 6.07) is 7.35. The zero-order valence-electron chi connectivity index (χ0n) is 17.1. The van der Waals surface area contributed by atoms with Crippen molar-refractivity contribution in [1.82, 2.24) is 15.1 Å². The molecule has 7 nitrogen and oxygen atoms in total. The van der Waals surface area contributed by atoms with Gasteiger partial charge >= 0.3 is 0 Å². The van der Waals surface area contributed by atoms with Crippen LogP contribution in [0.25, 0.3) is 0 Å². The summed E-state index contributed by atoms with van der Waals surface area (Å²) < 4.78 is 8.04. The van der Waals surface area contributed by atoms with Crippen molar-refractivity contribution in [3.8, 4) is 5.75 Å². The topological polar surface area (TPSA) is 85.2 Å². The van der Waals surface area contributed by atoms with Crippen molar-refractivity contribution in [2.75, 3.05) is 11.9 Å². The predicted octanol–water partition coefficient (Wildman–Crippen LogP) is 3.08. The van der Waals surface area contributed by atoms with Crippen molar-refractivity contribution in [2.24, 2.45) is 0 Å². The molecule has 1 aromatic heterocycles. The molecule has 0 bridgehead atoms. The molecule has 0 radical (unpaired) electrons. The third kappa shape index (κ3) is 4.34. The summed E-state index contributed by atoms with van der Waals surface area (Å²) in [4.78, 5) is 24.9. The number of ether oxygens (including phenoxy) is 1. The van der Waals surface area contributed by atoms with Crippen LogP contribution in [0.4, 0.5) is 5.69 Å². The van der Waals surface area contributed by atoms with Gasteiger partial charge in [-0.25, -0.2) is 0 Å². The molecule has 2 aliphatic heterocycles. The summed E-state index contributed by atoms with van der Waals surface area (Å²) >= 11 is 0. The first-order chi connectivity index (χ1) is 14.0. The average molecular weight is 396 g/mol. The summed E-state index contributed by atoms with van der Waals surface area (Å²) in [5, 5.41) is 10.9. The second-order valence-corrected chi connectivity index (χ2v) is 8.15. The van der Waals surface area contributed by atoms with Crippen molar-refractivity contribution in [3.63, 3.8) is 0 Å². The van der Waals surface area contributed by atoms with E-state index in [0.29, 0.717) is 36.3 Å². The molecule has 0 fully saturated rings. The summed E-state index contributed by atoms with van der Waals surface area (Å²) in [7, 11) is 0. The van der Waals surface area contributed by atoms with E-state index in [1.54, 1.807) is 18.2 Å². The van der Waals surface area contributed by atoms with Gasteiger partial charge in [-0.2, -0.15) is 5.10 Å². The summed E-state index contributed by atoms with van der Waals surface area (Å²) in [5.41, 5.74) is 2.82. The molecule has 0 saturated heterocycles. The molecule has 154 valence electrons. The van der Waals surface area contributed by atoms with Crippen LogP contribution in [-0.2, 0) is 24.3 Å². The van der Waals surface area contributed by atoms with Crippen molar-refractivity contribution >= 4 is 17.4 Å². The monoisotopic (exact) mass is 396 g/mol. The summed E-state index contributed by atoms with van der Waals surface area (Å²) in [6.07, 6.45) is 3.12. The fourth-order valence-electron chi connectivity index (χ4n) is 3.86. The fourth-order valence-corrected chi connectivity index (χ4v) is 3.86. The first-order valence-electron chi connectivity index (χ1n) is 10.4. The molecule has 2 aliphatic rings. The Hall–Kier alpha value is -2.67. The van der Waals surface area contributed by atoms with E-state index in [-0.39, 0.29) is 11.7 Å². The van der Waals surface area contributed by atoms with E-state index in [9.17, 15) is 9.59 Å². The molecular formula is C22H28N4O3. The Balaban J connectivity index is 1.37. The predicted molar refractivity (Wildman–Crippen MR) is 110 cm³/mol. The number of aryl methyl sites for hydroxylation is 2. The lowest BCUT2D eigenvalue weighted by molar-refractivity contribution is -0.116. The van der Waals surface area contributed by atoms with Crippen molar-refractivity contribution in [2.45, 2.75) is 64.6 Å². The van der Waals surface area contributed by atoms with Crippen LogP contribution in [-0.4, -0.2) is 33.6 Å². The smallest absolute Gasteiger partial charge is 0.224 e. The van der Waals surface area contributed by atoms with E-state index in [1.807, 2.05) is 18.5 Å². The Morgan fingerprint density at radius 2 is 2.24 bits per heavy atom. The van der Waals surface area contributed by atoms with Crippen molar-refractivity contribution in [1.29, 1.82) is 0 Å². The minimum atomic E-state index is -0.451. The van der Waals surface area contributed by atoms with Crippen LogP contribution >= 0.6 is 0 Å². The molecule has 0 saturated carbocycles. The van der Waals surface area contributed by atoms with Gasteiger partial charge in [0.25, 0.3) is 0 Å². The van der Waals surface area contributed by atoms with Gasteiger partial charge in [0.05, 0.1) is 23.4 Å². The number of fused-ring (bicyclic) bond motifs is 2. The average Bonchev–Trinajstić information content (AvgIpc) is 2.96. The van der Waals surface area contributed by atoms with E-state index < -0.39 is 5.60 Å². The lowest BCUT2D eigenvalue weighted by Gasteiger charge is -2.34. The Labute approximate surface area is 170 Å². The first kappa shape index (κ1) is 19.6. The number of hydrogen-bond donors (Lipinski definition) is 2. The number of carbonyl (C=O) groups excluding carboxylic acids is 2. The van der Waals surface area contributed by atoms with Crippen molar-refractivity contribution in [3.05, 3.63) is 41.2 Å². The number of aromatic nitrogens is 2. The highest BCUT2D eigenvalue weighted by atomic mass is 16.5. The minimum absolute atomic E-state index is 0.0554. The molecule has 2 N–H and O–H groups in total. The molecule has 0 unspecified atom stereocenters. The number of anilines is 1. The van der Waals surface area contributed by atoms with E-state index in [4.69, 9.17) is 4.74 Å². The molecular weight excluding hydrogens is 368 g/mol. The maximum absolute atomic E-state index is 12.5. The number of benzene rings is 1. The molecule has 0 aliphatic carbocycles. The zero-order valence-corrected chi connectivity index (χ0v) is 17.1. The Morgan fingerprint density at radius 1 is 1.38 bits per heavy atom. The number of hydrogen-bond acceptors (Lipinski definition) is 5. The summed E-state index contributed by atoms with van der Waals surface area (Å²) in [5.74, 6) is 0.561. The minimum Gasteiger partial charge on any atom is -0.486 e. The van der Waals surface area contributed by atoms with Crippen LogP contribution in [0.5, 0.6) is 5.75 Å². The SMILES string of the molecule is CC[C@@]1(C)CC(=O)c2cc(NC(=O)CCc3cc4n(n3)CCCNC4)ccc2O1. The maximum atomic E-state index is 12.5. The molecule has 4 rings (SSSR count). The lowest BCUT2D eigenvalue weighted by atomic mass is 9.89. The third-order valence-corrected chi connectivity index (χ3v) is 5.75. The van der Waals surface area contributed by atoms with Gasteiger partial charge in [0.2, 0.25) is 5.91 Å². The molecule has 2 aromatic rings. The van der Waals surface area contributed by atoms with E-state index in [0.717, 1.165) is 38.2 Å². The van der Waals surface area contributed by atoms with Crippen LogP contribution < -0.4 is 15.4 Å². The quantitative estimate of drug-likeness (QED) is 0.811. The number of ketones is 1. The Kier molecular flexibility index (Phi) is 5.41. The van der Waals surface area contributed by atoms with Gasteiger partial charge < -0.3 is 15.4 Å². The number of carbonyl (C=O) groups is 2. The molecule has 7 heteroatoms. The Bertz CT molecular complexity index is 913. The van der Waals surface area contributed by atoms with Gasteiger partial charge in [-0.15, -0.1) is 0 Å². The standard InChI is InChI=1S/C22H28N4O3/c1-3-22(2)13-19(27)18-12-15(5-7-20(18)29-22)24-21(28)8-6-16-11-17-14-23-9-4-10-26(17)25-16/h5,7,11-12,23H,3-4,6,8-10,13-14H2,1-2H3,(H,24,28)/t22-/m0/s1. The van der Waals surface area contributed by atoms with E-state index >= 15 is 0 Å². The molecule has 0 spiro atoms. The zero-order chi connectivity index (χ0) is 20.4. The van der Waals surface area contributed by atoms with E-state index in [1.165, 1.54) is 5.69 Å². The molecule has 1 amide bonds. The van der Waals surface area contributed by atoms with E-state index in [2.05, 4.69) is 21.8 Å². The number of nitrogens with one attached hydrogen (secondary N) is 2. The Morgan fingerprint density at radius 3 is 3.07 bits per heavy atom. The van der Waals surface area contributed by atoms with Crippen LogP contribution in [0.3, 0.4) is 0 Å². The van der Waals surface area contributed by atoms with Crippen LogP contribution in [0.2, 0.25) is 0 Å². The second kappa shape index (κ2) is 7.99. The van der Waals surface area contributed by atoms with Crippen LogP contribution in [0, 0.1) is 0 Å². The highest BCUT2D eigenvalue weighted by molar-refractivity contribution is 6.02. The van der Waals surface area contributed by atoms with Gasteiger partial charge in [-0.3, -0.25) is 14.3 Å². The van der Waals surface area contributed by atoms with Gasteiger partial charge in [-0.05, 0) is 50.6 Å².